The highest BCUT2D eigenvalue weighted by Gasteiger charge is 2.39. The van der Waals surface area contributed by atoms with Crippen LogP contribution in [0.5, 0.6) is 5.75 Å². The van der Waals surface area contributed by atoms with E-state index < -0.39 is 23.8 Å². The fourth-order valence-electron chi connectivity index (χ4n) is 3.55. The van der Waals surface area contributed by atoms with Gasteiger partial charge in [-0.25, -0.2) is 14.4 Å². The molecule has 0 fully saturated rings. The number of ether oxygens (including phenoxy) is 4. The number of hydrogen-bond acceptors (Lipinski definition) is 8. The minimum Gasteiger partial charge on any atom is -0.482 e. The van der Waals surface area contributed by atoms with Gasteiger partial charge in [-0.2, -0.15) is 0 Å². The second-order valence-electron chi connectivity index (χ2n) is 7.44. The second kappa shape index (κ2) is 11.4. The summed E-state index contributed by atoms with van der Waals surface area (Å²) in [4.78, 5) is 37.8. The molecule has 0 amide bonds. The lowest BCUT2D eigenvalue weighted by molar-refractivity contribution is -0.150. The van der Waals surface area contributed by atoms with Gasteiger partial charge in [-0.3, -0.25) is 0 Å². The van der Waals surface area contributed by atoms with Gasteiger partial charge in [0.05, 0.1) is 36.4 Å². The largest absolute Gasteiger partial charge is 0.482 e. The highest BCUT2D eigenvalue weighted by molar-refractivity contribution is 6.00. The van der Waals surface area contributed by atoms with E-state index >= 15 is 0 Å². The average Bonchev–Trinajstić information content (AvgIpc) is 2.71. The van der Waals surface area contributed by atoms with Gasteiger partial charge in [-0.15, -0.1) is 0 Å². The number of allylic oxidation sites excluding steroid dienone is 2. The molecule has 0 atom stereocenters. The third-order valence-electron chi connectivity index (χ3n) is 4.69. The minimum atomic E-state index is -0.799. The Hall–Kier alpha value is -3.29. The molecule has 1 aromatic rings. The summed E-state index contributed by atoms with van der Waals surface area (Å²) < 4.78 is 21.5. The molecule has 32 heavy (non-hydrogen) atoms. The van der Waals surface area contributed by atoms with Crippen molar-refractivity contribution in [1.82, 2.24) is 5.32 Å². The Morgan fingerprint density at radius 1 is 0.938 bits per heavy atom. The van der Waals surface area contributed by atoms with E-state index in [4.69, 9.17) is 18.9 Å². The van der Waals surface area contributed by atoms with Crippen molar-refractivity contribution in [2.75, 3.05) is 19.8 Å². The van der Waals surface area contributed by atoms with E-state index in [1.54, 1.807) is 65.8 Å². The van der Waals surface area contributed by atoms with Crippen molar-refractivity contribution in [3.8, 4) is 5.75 Å². The van der Waals surface area contributed by atoms with E-state index in [1.165, 1.54) is 0 Å². The molecule has 0 bridgehead atoms. The number of rotatable bonds is 9. The van der Waals surface area contributed by atoms with E-state index in [1.807, 2.05) is 0 Å². The lowest BCUT2D eigenvalue weighted by Gasteiger charge is -2.31. The molecule has 0 aromatic heterocycles. The summed E-state index contributed by atoms with van der Waals surface area (Å²) in [6.07, 6.45) is -0.271. The Bertz CT molecular complexity index is 890. The average molecular weight is 446 g/mol. The molecule has 8 heteroatoms. The van der Waals surface area contributed by atoms with Crippen molar-refractivity contribution in [3.63, 3.8) is 0 Å². The van der Waals surface area contributed by atoms with Crippen LogP contribution in [0.3, 0.4) is 0 Å². The summed E-state index contributed by atoms with van der Waals surface area (Å²) in [5.41, 5.74) is 2.22. The van der Waals surface area contributed by atoms with Gasteiger partial charge in [-0.05, 0) is 47.6 Å². The summed E-state index contributed by atoms with van der Waals surface area (Å²) in [5.74, 6) is -2.07. The zero-order valence-electron chi connectivity index (χ0n) is 19.4. The monoisotopic (exact) mass is 445 g/mol. The first-order chi connectivity index (χ1) is 15.2. The first kappa shape index (κ1) is 25.0. The number of carbonyl (C=O) groups excluding carboxylic acids is 3. The lowest BCUT2D eigenvalue weighted by atomic mass is 9.80. The summed E-state index contributed by atoms with van der Waals surface area (Å²) in [6.45, 7) is 10.5. The molecule has 0 aliphatic carbocycles. The normalized spacial score (nSPS) is 14.2. The van der Waals surface area contributed by atoms with Gasteiger partial charge in [0.15, 0.2) is 6.61 Å². The van der Waals surface area contributed by atoms with Crippen molar-refractivity contribution in [2.24, 2.45) is 0 Å². The van der Waals surface area contributed by atoms with Crippen molar-refractivity contribution in [3.05, 3.63) is 52.4 Å². The molecule has 1 aliphatic heterocycles. The maximum Gasteiger partial charge on any atom is 0.344 e. The van der Waals surface area contributed by atoms with Crippen LogP contribution in [0.15, 0.2) is 46.8 Å². The Kier molecular flexibility index (Phi) is 8.87. The number of carbonyl (C=O) groups is 3. The van der Waals surface area contributed by atoms with Gasteiger partial charge in [-0.1, -0.05) is 18.2 Å². The third-order valence-corrected chi connectivity index (χ3v) is 4.69. The van der Waals surface area contributed by atoms with Crippen LogP contribution in [0.1, 0.15) is 53.0 Å². The smallest absolute Gasteiger partial charge is 0.344 e. The molecule has 1 N–H and O–H groups in total. The van der Waals surface area contributed by atoms with Crippen LogP contribution in [0.4, 0.5) is 0 Å². The number of hydrogen-bond donors (Lipinski definition) is 1. The van der Waals surface area contributed by atoms with Crippen LogP contribution >= 0.6 is 0 Å². The third kappa shape index (κ3) is 5.90. The van der Waals surface area contributed by atoms with Crippen molar-refractivity contribution in [1.29, 1.82) is 0 Å². The highest BCUT2D eigenvalue weighted by atomic mass is 16.6. The molecule has 1 aliphatic rings. The van der Waals surface area contributed by atoms with Crippen molar-refractivity contribution in [2.45, 2.75) is 53.6 Å². The first-order valence-electron chi connectivity index (χ1n) is 10.6. The minimum absolute atomic E-state index is 0.180. The van der Waals surface area contributed by atoms with Gasteiger partial charge in [0, 0.05) is 17.0 Å². The lowest BCUT2D eigenvalue weighted by Crippen LogP contribution is -2.33. The molecule has 1 heterocycles. The molecule has 0 radical (unpaired) electrons. The molecule has 0 saturated heterocycles. The van der Waals surface area contributed by atoms with Crippen molar-refractivity contribution >= 4 is 17.9 Å². The summed E-state index contributed by atoms with van der Waals surface area (Å²) in [7, 11) is 0. The van der Waals surface area contributed by atoms with Gasteiger partial charge < -0.3 is 24.3 Å². The first-order valence-corrected chi connectivity index (χ1v) is 10.6. The summed E-state index contributed by atoms with van der Waals surface area (Å²) >= 11 is 0. The molecular weight excluding hydrogens is 414 g/mol. The molecule has 8 nitrogen and oxygen atoms in total. The highest BCUT2D eigenvalue weighted by Crippen LogP contribution is 2.42. The van der Waals surface area contributed by atoms with E-state index in [2.05, 4.69) is 5.32 Å². The maximum absolute atomic E-state index is 12.9. The molecular formula is C24H31NO7. The van der Waals surface area contributed by atoms with Crippen LogP contribution in [0, 0.1) is 0 Å². The number of para-hydroxylation sites is 1. The Labute approximate surface area is 188 Å². The van der Waals surface area contributed by atoms with E-state index in [-0.39, 0.29) is 37.1 Å². The van der Waals surface area contributed by atoms with E-state index in [0.717, 1.165) is 0 Å². The van der Waals surface area contributed by atoms with Gasteiger partial charge >= 0.3 is 17.9 Å². The standard InChI is InChI=1S/C24H31NO7/c1-7-29-23(27)20-15(5)25-16(6)21(24(28)30-8-2)22(20)17-11-9-10-12-18(17)31-13-19(26)32-14(3)4/h9-12,14,22,25H,7-8,13H2,1-6H3. The molecule has 174 valence electrons. The van der Waals surface area contributed by atoms with Crippen LogP contribution in [-0.4, -0.2) is 43.8 Å². The maximum atomic E-state index is 12.9. The summed E-state index contributed by atoms with van der Waals surface area (Å²) in [5, 5.41) is 3.09. The number of dihydropyridines is 1. The number of esters is 3. The molecule has 0 saturated carbocycles. The van der Waals surface area contributed by atoms with E-state index in [0.29, 0.717) is 22.7 Å². The number of benzene rings is 1. The molecule has 1 aromatic carbocycles. The zero-order chi connectivity index (χ0) is 23.8. The fourth-order valence-corrected chi connectivity index (χ4v) is 3.55. The van der Waals surface area contributed by atoms with Gasteiger partial charge in [0.2, 0.25) is 0 Å². The van der Waals surface area contributed by atoms with Crippen molar-refractivity contribution < 1.29 is 33.3 Å². The van der Waals surface area contributed by atoms with Crippen LogP contribution < -0.4 is 10.1 Å². The predicted octanol–water partition coefficient (Wildman–Crippen LogP) is 3.38. The molecule has 0 unspecified atom stereocenters. The predicted molar refractivity (Wildman–Crippen MR) is 118 cm³/mol. The quantitative estimate of drug-likeness (QED) is 0.456. The Morgan fingerprint density at radius 3 is 1.97 bits per heavy atom. The second-order valence-corrected chi connectivity index (χ2v) is 7.44. The van der Waals surface area contributed by atoms with E-state index in [9.17, 15) is 14.4 Å². The zero-order valence-corrected chi connectivity index (χ0v) is 19.4. The fraction of sp³-hybridized carbons (Fsp3) is 0.458. The number of nitrogens with one attached hydrogen (secondary N) is 1. The molecule has 0 spiro atoms. The Morgan fingerprint density at radius 2 is 1.47 bits per heavy atom. The molecule has 2 rings (SSSR count). The Balaban J connectivity index is 2.57. The van der Waals surface area contributed by atoms with Crippen LogP contribution in [0.25, 0.3) is 0 Å². The topological polar surface area (TPSA) is 100 Å². The van der Waals surface area contributed by atoms with Gasteiger partial charge in [0.25, 0.3) is 0 Å². The van der Waals surface area contributed by atoms with Gasteiger partial charge in [0.1, 0.15) is 5.75 Å². The van der Waals surface area contributed by atoms with Crippen LogP contribution in [-0.2, 0) is 28.6 Å². The summed E-state index contributed by atoms with van der Waals surface area (Å²) in [6, 6.07) is 6.94. The van der Waals surface area contributed by atoms with Crippen LogP contribution in [0.2, 0.25) is 0 Å². The SMILES string of the molecule is CCOC(=O)C1=C(C)NC(C)=C(C(=O)OCC)C1c1ccccc1OCC(=O)OC(C)C.